The van der Waals surface area contributed by atoms with Gasteiger partial charge in [-0.25, -0.2) is 0 Å². The van der Waals surface area contributed by atoms with E-state index in [9.17, 15) is 9.90 Å². The number of aromatic nitrogens is 4. The van der Waals surface area contributed by atoms with Gasteiger partial charge in [0.05, 0.1) is 18.2 Å². The molecule has 0 unspecified atom stereocenters. The normalized spacial score (nSPS) is 16.6. The molecular weight excluding hydrogens is 396 g/mol. The van der Waals surface area contributed by atoms with Crippen LogP contribution in [0.2, 0.25) is 0 Å². The molecule has 1 aromatic heterocycles. The Bertz CT molecular complexity index is 1040. The second-order valence-electron chi connectivity index (χ2n) is 7.45. The maximum atomic E-state index is 12.9. The zero-order valence-electron chi connectivity index (χ0n) is 16.8. The number of carbonyl (C=O) groups excluding carboxylic acids is 1. The lowest BCUT2D eigenvalue weighted by atomic mass is 9.97. The largest absolute Gasteiger partial charge is 0.491 e. The lowest BCUT2D eigenvalue weighted by Crippen LogP contribution is -2.28. The molecule has 158 valence electrons. The predicted molar refractivity (Wildman–Crippen MR) is 110 cm³/mol. The summed E-state index contributed by atoms with van der Waals surface area (Å²) in [5.41, 5.74) is 2.39. The monoisotopic (exact) mass is 418 g/mol. The van der Waals surface area contributed by atoms with Crippen LogP contribution in [-0.2, 0) is 6.54 Å². The molecule has 0 aliphatic carbocycles. The lowest BCUT2D eigenvalue weighted by molar-refractivity contribution is 0.0788. The number of benzene rings is 2. The Balaban J connectivity index is 1.29. The molecule has 9 heteroatoms. The number of nitrogens with zero attached hydrogens (tertiary/aromatic N) is 6. The smallest absolute Gasteiger partial charge is 0.253 e. The number of hydrogen-bond donors (Lipinski definition) is 1. The first-order chi connectivity index (χ1) is 15.1. The van der Waals surface area contributed by atoms with E-state index in [0.29, 0.717) is 30.0 Å². The number of hydrogen-bond acceptors (Lipinski definition) is 7. The molecule has 31 heavy (non-hydrogen) atoms. The van der Waals surface area contributed by atoms with Crippen molar-refractivity contribution in [2.45, 2.75) is 25.0 Å². The van der Waals surface area contributed by atoms with E-state index < -0.39 is 6.10 Å². The molecule has 0 bridgehead atoms. The Morgan fingerprint density at radius 3 is 2.68 bits per heavy atom. The van der Waals surface area contributed by atoms with Crippen molar-refractivity contribution in [1.29, 1.82) is 5.26 Å². The van der Waals surface area contributed by atoms with Crippen LogP contribution in [0.5, 0.6) is 5.75 Å². The van der Waals surface area contributed by atoms with Crippen LogP contribution in [-0.4, -0.2) is 61.9 Å². The van der Waals surface area contributed by atoms with Gasteiger partial charge in [0.2, 0.25) is 0 Å². The van der Waals surface area contributed by atoms with Gasteiger partial charge in [-0.05, 0) is 53.6 Å². The summed E-state index contributed by atoms with van der Waals surface area (Å²) >= 11 is 0. The van der Waals surface area contributed by atoms with Gasteiger partial charge in [0.15, 0.2) is 6.33 Å². The van der Waals surface area contributed by atoms with Gasteiger partial charge in [0.1, 0.15) is 18.5 Å². The van der Waals surface area contributed by atoms with E-state index in [1.54, 1.807) is 24.3 Å². The van der Waals surface area contributed by atoms with Gasteiger partial charge in [-0.2, -0.15) is 10.1 Å². The van der Waals surface area contributed by atoms with Gasteiger partial charge in [0.25, 0.3) is 5.91 Å². The molecule has 2 aromatic carbocycles. The molecule has 1 amide bonds. The third-order valence-corrected chi connectivity index (χ3v) is 5.30. The second-order valence-corrected chi connectivity index (χ2v) is 7.45. The third kappa shape index (κ3) is 5.05. The van der Waals surface area contributed by atoms with E-state index in [-0.39, 0.29) is 25.0 Å². The minimum atomic E-state index is -0.778. The molecule has 3 aromatic rings. The summed E-state index contributed by atoms with van der Waals surface area (Å²) in [6.45, 7) is 1.62. The van der Waals surface area contributed by atoms with Crippen LogP contribution in [0.3, 0.4) is 0 Å². The SMILES string of the molecule is N#Cc1ccc([C@H]2CCN(C(=O)c3ccc(OC[C@H](O)Cn4ncnn4)cc3)C2)cc1. The molecule has 1 aliphatic rings. The predicted octanol–water partition coefficient (Wildman–Crippen LogP) is 1.61. The number of amides is 1. The van der Waals surface area contributed by atoms with Crippen molar-refractivity contribution >= 4 is 5.91 Å². The van der Waals surface area contributed by atoms with Crippen molar-refractivity contribution in [3.05, 3.63) is 71.5 Å². The van der Waals surface area contributed by atoms with Crippen LogP contribution in [0.25, 0.3) is 0 Å². The molecule has 1 fully saturated rings. The van der Waals surface area contributed by atoms with Crippen LogP contribution in [0.1, 0.15) is 33.8 Å². The zero-order valence-corrected chi connectivity index (χ0v) is 16.8. The van der Waals surface area contributed by atoms with Gasteiger partial charge in [0, 0.05) is 24.6 Å². The third-order valence-electron chi connectivity index (χ3n) is 5.30. The van der Waals surface area contributed by atoms with Crippen LogP contribution in [0.4, 0.5) is 0 Å². The van der Waals surface area contributed by atoms with Crippen molar-refractivity contribution in [1.82, 2.24) is 25.1 Å². The van der Waals surface area contributed by atoms with Gasteiger partial charge in [-0.1, -0.05) is 12.1 Å². The minimum Gasteiger partial charge on any atom is -0.491 e. The Morgan fingerprint density at radius 2 is 2.00 bits per heavy atom. The number of nitriles is 1. The number of tetrazole rings is 1. The van der Waals surface area contributed by atoms with Gasteiger partial charge < -0.3 is 14.7 Å². The highest BCUT2D eigenvalue weighted by Crippen LogP contribution is 2.28. The Labute approximate surface area is 179 Å². The second kappa shape index (κ2) is 9.36. The molecule has 1 saturated heterocycles. The van der Waals surface area contributed by atoms with Gasteiger partial charge in [-0.15, -0.1) is 10.2 Å². The Kier molecular flexibility index (Phi) is 6.19. The van der Waals surface area contributed by atoms with E-state index >= 15 is 0 Å². The van der Waals surface area contributed by atoms with Crippen LogP contribution in [0, 0.1) is 11.3 Å². The van der Waals surface area contributed by atoms with E-state index in [0.717, 1.165) is 12.0 Å². The molecule has 2 heterocycles. The first-order valence-electron chi connectivity index (χ1n) is 10.0. The Hall–Kier alpha value is -3.77. The van der Waals surface area contributed by atoms with Crippen LogP contribution < -0.4 is 4.74 Å². The fourth-order valence-corrected chi connectivity index (χ4v) is 3.63. The number of likely N-dealkylation sites (tertiary alicyclic amines) is 1. The highest BCUT2D eigenvalue weighted by Gasteiger charge is 2.28. The molecule has 4 rings (SSSR count). The van der Waals surface area contributed by atoms with Crippen molar-refractivity contribution < 1.29 is 14.6 Å². The highest BCUT2D eigenvalue weighted by atomic mass is 16.5. The quantitative estimate of drug-likeness (QED) is 0.619. The average molecular weight is 418 g/mol. The molecule has 2 atom stereocenters. The zero-order chi connectivity index (χ0) is 21.6. The standard InChI is InChI=1S/C22H22N6O3/c23-11-16-1-3-17(4-2-16)19-9-10-27(12-19)22(30)18-5-7-21(8-6-18)31-14-20(29)13-28-25-15-24-26-28/h1-8,15,19-20,29H,9-10,12-14H2/t19-,20+/m0/s1. The van der Waals surface area contributed by atoms with Crippen molar-refractivity contribution in [2.75, 3.05) is 19.7 Å². The van der Waals surface area contributed by atoms with Gasteiger partial charge >= 0.3 is 0 Å². The first kappa shape index (κ1) is 20.5. The highest BCUT2D eigenvalue weighted by molar-refractivity contribution is 5.94. The summed E-state index contributed by atoms with van der Waals surface area (Å²) < 4.78 is 5.58. The molecule has 9 nitrogen and oxygen atoms in total. The number of carbonyl (C=O) groups is 1. The fourth-order valence-electron chi connectivity index (χ4n) is 3.63. The van der Waals surface area contributed by atoms with E-state index in [2.05, 4.69) is 21.5 Å². The number of rotatable bonds is 7. The maximum Gasteiger partial charge on any atom is 0.253 e. The van der Waals surface area contributed by atoms with E-state index in [4.69, 9.17) is 10.00 Å². The topological polar surface area (TPSA) is 117 Å². The lowest BCUT2D eigenvalue weighted by Gasteiger charge is -2.17. The molecule has 1 aliphatic heterocycles. The van der Waals surface area contributed by atoms with Gasteiger partial charge in [-0.3, -0.25) is 4.79 Å². The average Bonchev–Trinajstić information content (AvgIpc) is 3.50. The number of aliphatic hydroxyl groups is 1. The van der Waals surface area contributed by atoms with Crippen molar-refractivity contribution in [3.63, 3.8) is 0 Å². The first-order valence-corrected chi connectivity index (χ1v) is 10.0. The van der Waals surface area contributed by atoms with Crippen LogP contribution >= 0.6 is 0 Å². The summed E-state index contributed by atoms with van der Waals surface area (Å²) in [4.78, 5) is 16.0. The van der Waals surface area contributed by atoms with Crippen LogP contribution in [0.15, 0.2) is 54.9 Å². The maximum absolute atomic E-state index is 12.9. The molecule has 0 saturated carbocycles. The summed E-state index contributed by atoms with van der Waals surface area (Å²) in [5, 5.41) is 30.0. The number of ether oxygens (including phenoxy) is 1. The Morgan fingerprint density at radius 1 is 1.23 bits per heavy atom. The van der Waals surface area contributed by atoms with Crippen molar-refractivity contribution in [3.8, 4) is 11.8 Å². The molecule has 1 N–H and O–H groups in total. The molecule has 0 radical (unpaired) electrons. The number of aliphatic hydroxyl groups excluding tert-OH is 1. The van der Waals surface area contributed by atoms with E-state index in [1.165, 1.54) is 11.1 Å². The molecular formula is C22H22N6O3. The fraction of sp³-hybridized carbons (Fsp3) is 0.318. The molecule has 0 spiro atoms. The van der Waals surface area contributed by atoms with E-state index in [1.807, 2.05) is 29.2 Å². The van der Waals surface area contributed by atoms with Crippen molar-refractivity contribution in [2.24, 2.45) is 0 Å². The summed E-state index contributed by atoms with van der Waals surface area (Å²) in [5.74, 6) is 0.833. The minimum absolute atomic E-state index is 0.0139. The summed E-state index contributed by atoms with van der Waals surface area (Å²) in [6, 6.07) is 16.6. The summed E-state index contributed by atoms with van der Waals surface area (Å²) in [6.07, 6.45) is 1.42. The summed E-state index contributed by atoms with van der Waals surface area (Å²) in [7, 11) is 0.